The van der Waals surface area contributed by atoms with Crippen LogP contribution in [-0.4, -0.2) is 19.7 Å². The van der Waals surface area contributed by atoms with E-state index in [4.69, 9.17) is 10.5 Å². The number of urea groups is 1. The van der Waals surface area contributed by atoms with Gasteiger partial charge in [0, 0.05) is 25.3 Å². The molecule has 0 aromatic heterocycles. The van der Waals surface area contributed by atoms with Crippen LogP contribution in [0.15, 0.2) is 36.4 Å². The van der Waals surface area contributed by atoms with Crippen molar-refractivity contribution in [2.75, 3.05) is 18.6 Å². The Morgan fingerprint density at radius 3 is 2.92 bits per heavy atom. The van der Waals surface area contributed by atoms with Gasteiger partial charge in [0.05, 0.1) is 7.11 Å². The highest BCUT2D eigenvalue weighted by atomic mass is 16.5. The lowest BCUT2D eigenvalue weighted by Crippen LogP contribution is -2.31. The van der Waals surface area contributed by atoms with Gasteiger partial charge in [-0.25, -0.2) is 4.79 Å². The molecule has 0 atom stereocenters. The van der Waals surface area contributed by atoms with Crippen LogP contribution in [0, 0.1) is 6.92 Å². The number of ether oxygens (including phenoxy) is 1. The summed E-state index contributed by atoms with van der Waals surface area (Å²) in [6, 6.07) is 12.0. The summed E-state index contributed by atoms with van der Waals surface area (Å²) in [6.07, 6.45) is 2.20. The van der Waals surface area contributed by atoms with Crippen LogP contribution in [0.2, 0.25) is 0 Å². The molecular formula is C20H25N3O2. The molecule has 132 valence electrons. The van der Waals surface area contributed by atoms with E-state index in [0.717, 1.165) is 37.2 Å². The Bertz CT molecular complexity index is 774. The van der Waals surface area contributed by atoms with Crippen LogP contribution in [-0.2, 0) is 19.5 Å². The molecule has 2 aromatic rings. The highest BCUT2D eigenvalue weighted by molar-refractivity contribution is 5.71. The maximum atomic E-state index is 11.0. The number of fused-ring (bicyclic) bond motifs is 1. The van der Waals surface area contributed by atoms with Gasteiger partial charge in [0.25, 0.3) is 0 Å². The molecule has 0 saturated carbocycles. The average Bonchev–Trinajstić information content (AvgIpc) is 2.62. The van der Waals surface area contributed by atoms with Gasteiger partial charge < -0.3 is 20.7 Å². The van der Waals surface area contributed by atoms with E-state index in [9.17, 15) is 4.79 Å². The Morgan fingerprint density at radius 1 is 1.32 bits per heavy atom. The van der Waals surface area contributed by atoms with Crippen molar-refractivity contribution in [3.63, 3.8) is 0 Å². The zero-order valence-electron chi connectivity index (χ0n) is 14.8. The topological polar surface area (TPSA) is 67.6 Å². The average molecular weight is 339 g/mol. The Labute approximate surface area is 148 Å². The minimum Gasteiger partial charge on any atom is -0.497 e. The third-order valence-electron chi connectivity index (χ3n) is 4.84. The molecule has 3 N–H and O–H groups in total. The van der Waals surface area contributed by atoms with Crippen molar-refractivity contribution in [1.29, 1.82) is 0 Å². The molecule has 0 radical (unpaired) electrons. The highest BCUT2D eigenvalue weighted by Gasteiger charge is 2.20. The molecule has 2 aromatic carbocycles. The van der Waals surface area contributed by atoms with Crippen LogP contribution in [0.25, 0.3) is 0 Å². The second kappa shape index (κ2) is 7.47. The molecular weight excluding hydrogens is 314 g/mol. The van der Waals surface area contributed by atoms with Crippen molar-refractivity contribution in [2.45, 2.75) is 32.9 Å². The van der Waals surface area contributed by atoms with Crippen LogP contribution in [0.3, 0.4) is 0 Å². The monoisotopic (exact) mass is 339 g/mol. The van der Waals surface area contributed by atoms with E-state index in [2.05, 4.69) is 41.4 Å². The van der Waals surface area contributed by atoms with E-state index in [-0.39, 0.29) is 0 Å². The smallest absolute Gasteiger partial charge is 0.312 e. The summed E-state index contributed by atoms with van der Waals surface area (Å²) in [6.45, 7) is 4.52. The molecule has 1 heterocycles. The second-order valence-electron chi connectivity index (χ2n) is 6.44. The van der Waals surface area contributed by atoms with Gasteiger partial charge in [-0.3, -0.25) is 0 Å². The molecule has 0 spiro atoms. The minimum atomic E-state index is -0.489. The predicted octanol–water partition coefficient (Wildman–Crippen LogP) is 3.12. The van der Waals surface area contributed by atoms with E-state index < -0.39 is 6.03 Å². The maximum absolute atomic E-state index is 11.0. The molecule has 5 nitrogen and oxygen atoms in total. The molecule has 0 fully saturated rings. The van der Waals surface area contributed by atoms with E-state index in [0.29, 0.717) is 6.54 Å². The van der Waals surface area contributed by atoms with E-state index in [1.165, 1.54) is 22.4 Å². The number of nitrogens with two attached hydrogens (primary N) is 1. The minimum absolute atomic E-state index is 0.477. The molecule has 1 aliphatic heterocycles. The number of methoxy groups -OCH3 is 1. The number of anilines is 1. The number of benzene rings is 2. The highest BCUT2D eigenvalue weighted by Crippen LogP contribution is 2.33. The lowest BCUT2D eigenvalue weighted by Gasteiger charge is -2.33. The number of carbonyl (C=O) groups excluding carboxylic acids is 1. The van der Waals surface area contributed by atoms with Gasteiger partial charge in [0.15, 0.2) is 0 Å². The summed E-state index contributed by atoms with van der Waals surface area (Å²) >= 11 is 0. The molecule has 1 aliphatic rings. The first-order valence-corrected chi connectivity index (χ1v) is 8.61. The zero-order valence-corrected chi connectivity index (χ0v) is 14.8. The summed E-state index contributed by atoms with van der Waals surface area (Å²) in [4.78, 5) is 13.4. The van der Waals surface area contributed by atoms with Crippen molar-refractivity contribution in [3.8, 4) is 5.75 Å². The molecule has 0 saturated heterocycles. The van der Waals surface area contributed by atoms with Crippen molar-refractivity contribution in [3.05, 3.63) is 58.7 Å². The molecule has 0 aliphatic carbocycles. The summed E-state index contributed by atoms with van der Waals surface area (Å²) in [7, 11) is 1.69. The number of amides is 2. The largest absolute Gasteiger partial charge is 0.497 e. The quantitative estimate of drug-likeness (QED) is 0.879. The van der Waals surface area contributed by atoms with Gasteiger partial charge in [-0.2, -0.15) is 0 Å². The molecule has 0 bridgehead atoms. The van der Waals surface area contributed by atoms with Crippen molar-refractivity contribution < 1.29 is 9.53 Å². The summed E-state index contributed by atoms with van der Waals surface area (Å²) < 4.78 is 5.33. The van der Waals surface area contributed by atoms with E-state index >= 15 is 0 Å². The fourth-order valence-electron chi connectivity index (χ4n) is 3.50. The van der Waals surface area contributed by atoms with Crippen molar-refractivity contribution in [1.82, 2.24) is 5.32 Å². The molecule has 25 heavy (non-hydrogen) atoms. The van der Waals surface area contributed by atoms with Crippen molar-refractivity contribution >= 4 is 11.7 Å². The van der Waals surface area contributed by atoms with Crippen LogP contribution < -0.4 is 20.7 Å². The first-order chi connectivity index (χ1) is 12.1. The van der Waals surface area contributed by atoms with Crippen LogP contribution in [0.1, 0.15) is 28.7 Å². The number of hydrogen-bond acceptors (Lipinski definition) is 3. The lowest BCUT2D eigenvalue weighted by atomic mass is 9.93. The SMILES string of the molecule is COc1cccc(CN2CCCc3c2ccc(CNC(N)=O)c3C)c1. The summed E-state index contributed by atoms with van der Waals surface area (Å²) in [5.74, 6) is 0.888. The number of carbonyl (C=O) groups is 1. The molecule has 0 unspecified atom stereocenters. The number of primary amides is 1. The number of rotatable bonds is 5. The van der Waals surface area contributed by atoms with Crippen LogP contribution >= 0.6 is 0 Å². The van der Waals surface area contributed by atoms with E-state index in [1.54, 1.807) is 7.11 Å². The van der Waals surface area contributed by atoms with Gasteiger partial charge in [0.1, 0.15) is 5.75 Å². The van der Waals surface area contributed by atoms with Gasteiger partial charge in [-0.1, -0.05) is 18.2 Å². The summed E-state index contributed by atoms with van der Waals surface area (Å²) in [5.41, 5.74) is 11.5. The second-order valence-corrected chi connectivity index (χ2v) is 6.44. The van der Waals surface area contributed by atoms with Gasteiger partial charge in [-0.15, -0.1) is 0 Å². The van der Waals surface area contributed by atoms with Crippen molar-refractivity contribution in [2.24, 2.45) is 5.73 Å². The van der Waals surface area contributed by atoms with E-state index in [1.807, 2.05) is 12.1 Å². The standard InChI is InChI=1S/C20H25N3O2/c1-14-16(12-22-20(21)24)8-9-19-18(14)7-4-10-23(19)13-15-5-3-6-17(11-15)25-2/h3,5-6,8-9,11H,4,7,10,12-13H2,1-2H3,(H3,21,22,24). The summed E-state index contributed by atoms with van der Waals surface area (Å²) in [5, 5.41) is 2.68. The van der Waals surface area contributed by atoms with Gasteiger partial charge in [0.2, 0.25) is 0 Å². The number of nitrogens with one attached hydrogen (secondary N) is 1. The molecule has 5 heteroatoms. The lowest BCUT2D eigenvalue weighted by molar-refractivity contribution is 0.248. The molecule has 3 rings (SSSR count). The maximum Gasteiger partial charge on any atom is 0.312 e. The Morgan fingerprint density at radius 2 is 2.16 bits per heavy atom. The number of nitrogens with zero attached hydrogens (tertiary/aromatic N) is 1. The first-order valence-electron chi connectivity index (χ1n) is 8.61. The Kier molecular flexibility index (Phi) is 5.12. The van der Waals surface area contributed by atoms with Gasteiger partial charge in [-0.05, 0) is 60.2 Å². The van der Waals surface area contributed by atoms with Gasteiger partial charge >= 0.3 is 6.03 Å². The van der Waals surface area contributed by atoms with Crippen LogP contribution in [0.5, 0.6) is 5.75 Å². The first kappa shape index (κ1) is 17.1. The molecule has 2 amide bonds. The number of hydrogen-bond donors (Lipinski definition) is 2. The third-order valence-corrected chi connectivity index (χ3v) is 4.84. The fourth-order valence-corrected chi connectivity index (χ4v) is 3.50. The third kappa shape index (κ3) is 3.87. The fraction of sp³-hybridized carbons (Fsp3) is 0.350. The Hall–Kier alpha value is -2.69. The predicted molar refractivity (Wildman–Crippen MR) is 100.0 cm³/mol. The Balaban J connectivity index is 1.84. The zero-order chi connectivity index (χ0) is 17.8. The van der Waals surface area contributed by atoms with Crippen LogP contribution in [0.4, 0.5) is 10.5 Å². The normalized spacial score (nSPS) is 13.3.